The van der Waals surface area contributed by atoms with Gasteiger partial charge in [-0.25, -0.2) is 19.2 Å². The standard InChI is InChI=1S/C28H46O4.C14H18O4/c1-23(2)17-11-7-5-9-15-21-31-27(29)25-19-13-14-20-26(25)28(30)32-22-16-10-6-8-12-18-24(3)4;1-3-9-17-13(15)11-7-5-6-8-12(11)14(16)18-10-4-2/h13-14,19-20,23-24H,5-12,15-18,21-22H2,1-4H3;5-8H,3-4,9-10H2,1-2H3. The highest BCUT2D eigenvalue weighted by Gasteiger charge is 2.20. The van der Waals surface area contributed by atoms with Crippen LogP contribution in [-0.2, 0) is 18.9 Å². The fraction of sp³-hybridized carbons (Fsp3) is 0.619. The summed E-state index contributed by atoms with van der Waals surface area (Å²) < 4.78 is 20.9. The molecule has 0 atom stereocenters. The molecule has 280 valence electrons. The van der Waals surface area contributed by atoms with Crippen molar-refractivity contribution < 1.29 is 38.1 Å². The lowest BCUT2D eigenvalue weighted by Crippen LogP contribution is -2.15. The van der Waals surface area contributed by atoms with Crippen molar-refractivity contribution in [3.8, 4) is 0 Å². The number of carbonyl (C=O) groups is 4. The van der Waals surface area contributed by atoms with Gasteiger partial charge >= 0.3 is 23.9 Å². The molecule has 0 saturated heterocycles. The minimum atomic E-state index is -0.485. The Morgan fingerprint density at radius 1 is 0.420 bits per heavy atom. The van der Waals surface area contributed by atoms with Crippen LogP contribution in [0.1, 0.15) is 173 Å². The smallest absolute Gasteiger partial charge is 0.339 e. The van der Waals surface area contributed by atoms with Gasteiger partial charge in [0.25, 0.3) is 0 Å². The van der Waals surface area contributed by atoms with Gasteiger partial charge in [-0.15, -0.1) is 0 Å². The molecule has 0 fully saturated rings. The minimum absolute atomic E-state index is 0.257. The molecular weight excluding hydrogens is 632 g/mol. The molecule has 2 aromatic carbocycles. The first-order chi connectivity index (χ1) is 24.1. The number of unbranched alkanes of at least 4 members (excludes halogenated alkanes) is 8. The average molecular weight is 697 g/mol. The molecule has 0 aliphatic carbocycles. The summed E-state index contributed by atoms with van der Waals surface area (Å²) in [5, 5.41) is 0. The van der Waals surface area contributed by atoms with E-state index in [0.717, 1.165) is 50.4 Å². The number of esters is 4. The first-order valence-corrected chi connectivity index (χ1v) is 19.0. The Morgan fingerprint density at radius 3 is 0.960 bits per heavy atom. The third-order valence-electron chi connectivity index (χ3n) is 7.93. The molecule has 0 unspecified atom stereocenters. The van der Waals surface area contributed by atoms with Crippen LogP contribution in [0.25, 0.3) is 0 Å². The van der Waals surface area contributed by atoms with E-state index in [1.54, 1.807) is 48.5 Å². The predicted octanol–water partition coefficient (Wildman–Crippen LogP) is 10.8. The number of carbonyl (C=O) groups excluding carboxylic acids is 4. The van der Waals surface area contributed by atoms with E-state index < -0.39 is 23.9 Å². The number of hydrogen-bond acceptors (Lipinski definition) is 8. The highest BCUT2D eigenvalue weighted by atomic mass is 16.5. The highest BCUT2D eigenvalue weighted by Crippen LogP contribution is 2.16. The van der Waals surface area contributed by atoms with Crippen molar-refractivity contribution >= 4 is 23.9 Å². The molecule has 0 aromatic heterocycles. The van der Waals surface area contributed by atoms with Crippen molar-refractivity contribution in [1.82, 2.24) is 0 Å². The SMILES string of the molecule is CC(C)CCCCCCCOC(=O)c1ccccc1C(=O)OCCCCCCCC(C)C.CCCOC(=O)c1ccccc1C(=O)OCCC. The molecule has 0 amide bonds. The molecule has 0 bridgehead atoms. The van der Waals surface area contributed by atoms with Crippen LogP contribution in [0.4, 0.5) is 0 Å². The maximum Gasteiger partial charge on any atom is 0.339 e. The average Bonchev–Trinajstić information content (AvgIpc) is 3.11. The predicted molar refractivity (Wildman–Crippen MR) is 200 cm³/mol. The molecule has 0 saturated carbocycles. The zero-order chi connectivity index (χ0) is 37.0. The van der Waals surface area contributed by atoms with Crippen LogP contribution < -0.4 is 0 Å². The largest absolute Gasteiger partial charge is 0.462 e. The van der Waals surface area contributed by atoms with E-state index in [9.17, 15) is 19.2 Å². The lowest BCUT2D eigenvalue weighted by Gasteiger charge is -2.10. The molecule has 8 heteroatoms. The number of ether oxygens (including phenoxy) is 4. The van der Waals surface area contributed by atoms with Crippen LogP contribution in [0, 0.1) is 11.8 Å². The third kappa shape index (κ3) is 20.1. The van der Waals surface area contributed by atoms with Crippen LogP contribution in [0.3, 0.4) is 0 Å². The topological polar surface area (TPSA) is 105 Å². The Balaban J connectivity index is 0.000000585. The van der Waals surface area contributed by atoms with Gasteiger partial charge in [0.2, 0.25) is 0 Å². The van der Waals surface area contributed by atoms with Crippen molar-refractivity contribution in [3.63, 3.8) is 0 Å². The Bertz CT molecular complexity index is 1140. The van der Waals surface area contributed by atoms with Gasteiger partial charge in [0.05, 0.1) is 48.7 Å². The van der Waals surface area contributed by atoms with Gasteiger partial charge in [-0.1, -0.05) is 130 Å². The van der Waals surface area contributed by atoms with E-state index in [-0.39, 0.29) is 11.1 Å². The fourth-order valence-corrected chi connectivity index (χ4v) is 5.08. The minimum Gasteiger partial charge on any atom is -0.462 e. The molecule has 50 heavy (non-hydrogen) atoms. The summed E-state index contributed by atoms with van der Waals surface area (Å²) in [5.41, 5.74) is 1.10. The summed E-state index contributed by atoms with van der Waals surface area (Å²) >= 11 is 0. The second kappa shape index (κ2) is 28.1. The van der Waals surface area contributed by atoms with Gasteiger partial charge in [0.1, 0.15) is 0 Å². The second-order valence-corrected chi connectivity index (χ2v) is 13.5. The monoisotopic (exact) mass is 696 g/mol. The molecule has 0 heterocycles. The quantitative estimate of drug-likeness (QED) is 0.0606. The van der Waals surface area contributed by atoms with Crippen LogP contribution in [0.15, 0.2) is 48.5 Å². The van der Waals surface area contributed by atoms with Gasteiger partial charge in [-0.05, 0) is 61.8 Å². The highest BCUT2D eigenvalue weighted by molar-refractivity contribution is 6.03. The van der Waals surface area contributed by atoms with Crippen molar-refractivity contribution in [2.75, 3.05) is 26.4 Å². The zero-order valence-electron chi connectivity index (χ0n) is 31.8. The van der Waals surface area contributed by atoms with Crippen LogP contribution in [0.5, 0.6) is 0 Å². The van der Waals surface area contributed by atoms with Crippen LogP contribution in [-0.4, -0.2) is 50.3 Å². The second-order valence-electron chi connectivity index (χ2n) is 13.5. The van der Waals surface area contributed by atoms with E-state index in [1.807, 2.05) is 13.8 Å². The molecule has 0 aliphatic rings. The summed E-state index contributed by atoms with van der Waals surface area (Å²) in [4.78, 5) is 48.5. The van der Waals surface area contributed by atoms with Crippen molar-refractivity contribution in [2.45, 2.75) is 131 Å². The maximum absolute atomic E-state index is 12.5. The summed E-state index contributed by atoms with van der Waals surface area (Å²) in [7, 11) is 0. The maximum atomic E-state index is 12.5. The van der Waals surface area contributed by atoms with Gasteiger partial charge in [-0.3, -0.25) is 0 Å². The summed E-state index contributed by atoms with van der Waals surface area (Å²) in [6.07, 6.45) is 15.2. The van der Waals surface area contributed by atoms with E-state index >= 15 is 0 Å². The fourth-order valence-electron chi connectivity index (χ4n) is 5.08. The first-order valence-electron chi connectivity index (χ1n) is 19.0. The molecular formula is C42H64O8. The normalized spacial score (nSPS) is 10.7. The van der Waals surface area contributed by atoms with Gasteiger partial charge in [-0.2, -0.15) is 0 Å². The molecule has 0 spiro atoms. The van der Waals surface area contributed by atoms with Crippen molar-refractivity contribution in [3.05, 3.63) is 70.8 Å². The Hall–Kier alpha value is -3.68. The molecule has 2 rings (SSSR count). The van der Waals surface area contributed by atoms with E-state index in [1.165, 1.54) is 51.4 Å². The van der Waals surface area contributed by atoms with Crippen molar-refractivity contribution in [1.29, 1.82) is 0 Å². The third-order valence-corrected chi connectivity index (χ3v) is 7.93. The first kappa shape index (κ1) is 44.3. The van der Waals surface area contributed by atoms with Crippen LogP contribution >= 0.6 is 0 Å². The molecule has 8 nitrogen and oxygen atoms in total. The lowest BCUT2D eigenvalue weighted by molar-refractivity contribution is 0.0450. The van der Waals surface area contributed by atoms with E-state index in [2.05, 4.69) is 27.7 Å². The summed E-state index contributed by atoms with van der Waals surface area (Å²) in [6.45, 7) is 14.3. The molecule has 0 N–H and O–H groups in total. The summed E-state index contributed by atoms with van der Waals surface area (Å²) in [6, 6.07) is 13.3. The number of rotatable bonds is 24. The van der Waals surface area contributed by atoms with Crippen molar-refractivity contribution in [2.24, 2.45) is 11.8 Å². The Kier molecular flexibility index (Phi) is 24.9. The number of benzene rings is 2. The number of hydrogen-bond donors (Lipinski definition) is 0. The Labute approximate surface area is 302 Å². The van der Waals surface area contributed by atoms with Gasteiger partial charge < -0.3 is 18.9 Å². The van der Waals surface area contributed by atoms with Gasteiger partial charge in [0, 0.05) is 0 Å². The van der Waals surface area contributed by atoms with Gasteiger partial charge in [0.15, 0.2) is 0 Å². The lowest BCUT2D eigenvalue weighted by atomic mass is 10.0. The summed E-state index contributed by atoms with van der Waals surface area (Å²) in [5.74, 6) is -0.323. The molecule has 0 radical (unpaired) electrons. The zero-order valence-corrected chi connectivity index (χ0v) is 31.8. The Morgan fingerprint density at radius 2 is 0.680 bits per heavy atom. The molecule has 0 aliphatic heterocycles. The molecule has 2 aromatic rings. The van der Waals surface area contributed by atoms with E-state index in [4.69, 9.17) is 18.9 Å². The van der Waals surface area contributed by atoms with E-state index in [0.29, 0.717) is 37.6 Å². The van der Waals surface area contributed by atoms with Crippen LogP contribution in [0.2, 0.25) is 0 Å².